The molecule has 3 unspecified atom stereocenters. The van der Waals surface area contributed by atoms with Crippen molar-refractivity contribution in [3.05, 3.63) is 0 Å². The van der Waals surface area contributed by atoms with Crippen molar-refractivity contribution in [3.63, 3.8) is 0 Å². The molecule has 0 aliphatic heterocycles. The molecule has 1 aliphatic carbocycles. The number of aliphatic hydroxyl groups excluding tert-OH is 1. The minimum absolute atomic E-state index is 0.164. The van der Waals surface area contributed by atoms with Crippen molar-refractivity contribution < 1.29 is 9.84 Å². The number of rotatable bonds is 7. The highest BCUT2D eigenvalue weighted by atomic mass is 16.5. The Balaban J connectivity index is 2.26. The van der Waals surface area contributed by atoms with Crippen LogP contribution in [-0.4, -0.2) is 37.0 Å². The number of likely N-dealkylation sites (N-methyl/N-ethyl adjacent to an activating group) is 1. The highest BCUT2D eigenvalue weighted by Crippen LogP contribution is 2.39. The molecule has 3 nitrogen and oxygen atoms in total. The van der Waals surface area contributed by atoms with Gasteiger partial charge < -0.3 is 15.2 Å². The first-order valence-electron chi connectivity index (χ1n) is 7.72. The molecule has 1 aliphatic rings. The quantitative estimate of drug-likeness (QED) is 0.700. The van der Waals surface area contributed by atoms with Gasteiger partial charge >= 0.3 is 0 Å². The first kappa shape index (κ1) is 16.9. The van der Waals surface area contributed by atoms with Crippen molar-refractivity contribution >= 4 is 0 Å². The van der Waals surface area contributed by atoms with Crippen LogP contribution in [0.5, 0.6) is 0 Å². The van der Waals surface area contributed by atoms with Gasteiger partial charge in [-0.3, -0.25) is 0 Å². The molecular weight excluding hydrogens is 238 g/mol. The van der Waals surface area contributed by atoms with Crippen LogP contribution in [0.4, 0.5) is 0 Å². The fourth-order valence-electron chi connectivity index (χ4n) is 3.38. The first-order valence-corrected chi connectivity index (χ1v) is 7.72. The Hall–Kier alpha value is -0.120. The predicted octanol–water partition coefficient (Wildman–Crippen LogP) is 2.97. The Kier molecular flexibility index (Phi) is 6.28. The third kappa shape index (κ3) is 5.80. The van der Waals surface area contributed by atoms with Crippen molar-refractivity contribution in [2.24, 2.45) is 11.3 Å². The van der Waals surface area contributed by atoms with E-state index in [4.69, 9.17) is 4.74 Å². The van der Waals surface area contributed by atoms with Crippen LogP contribution >= 0.6 is 0 Å². The Morgan fingerprint density at radius 1 is 1.37 bits per heavy atom. The van der Waals surface area contributed by atoms with Crippen LogP contribution in [0.3, 0.4) is 0 Å². The van der Waals surface area contributed by atoms with Crippen LogP contribution in [0, 0.1) is 11.3 Å². The van der Waals surface area contributed by atoms with Crippen LogP contribution < -0.4 is 5.32 Å². The summed E-state index contributed by atoms with van der Waals surface area (Å²) in [6, 6.07) is 0. The normalized spacial score (nSPS) is 30.0. The van der Waals surface area contributed by atoms with Crippen molar-refractivity contribution in [2.75, 3.05) is 20.3 Å². The lowest BCUT2D eigenvalue weighted by Crippen LogP contribution is -2.43. The summed E-state index contributed by atoms with van der Waals surface area (Å²) in [5.41, 5.74) is 0.259. The average molecular weight is 271 g/mol. The summed E-state index contributed by atoms with van der Waals surface area (Å²) in [7, 11) is 1.91. The second-order valence-electron chi connectivity index (χ2n) is 7.48. The fourth-order valence-corrected chi connectivity index (χ4v) is 3.38. The summed E-state index contributed by atoms with van der Waals surface area (Å²) >= 11 is 0. The molecule has 0 heterocycles. The van der Waals surface area contributed by atoms with Crippen molar-refractivity contribution in [3.8, 4) is 0 Å². The predicted molar refractivity (Wildman–Crippen MR) is 80.3 cm³/mol. The molecule has 0 aromatic rings. The van der Waals surface area contributed by atoms with E-state index in [1.165, 1.54) is 19.3 Å². The van der Waals surface area contributed by atoms with Gasteiger partial charge in [0.15, 0.2) is 0 Å². The molecule has 1 fully saturated rings. The lowest BCUT2D eigenvalue weighted by atomic mass is 9.71. The van der Waals surface area contributed by atoms with Gasteiger partial charge in [-0.15, -0.1) is 0 Å². The fraction of sp³-hybridized carbons (Fsp3) is 1.00. The van der Waals surface area contributed by atoms with E-state index in [1.54, 1.807) is 0 Å². The molecule has 114 valence electrons. The Bertz CT molecular complexity index is 261. The summed E-state index contributed by atoms with van der Waals surface area (Å²) in [6.07, 6.45) is 6.07. The number of ether oxygens (including phenoxy) is 1. The van der Waals surface area contributed by atoms with Crippen molar-refractivity contribution in [2.45, 2.75) is 71.4 Å². The topological polar surface area (TPSA) is 41.5 Å². The maximum absolute atomic E-state index is 9.33. The summed E-state index contributed by atoms with van der Waals surface area (Å²) in [4.78, 5) is 0. The molecule has 0 aromatic carbocycles. The van der Waals surface area contributed by atoms with Crippen LogP contribution in [0.2, 0.25) is 0 Å². The molecule has 1 saturated carbocycles. The minimum Gasteiger partial charge on any atom is -0.394 e. The standard InChI is InChI=1S/C16H33NO2/c1-13-9-14(11-15(2,3)10-13)19-8-6-7-16(4,12-18)17-5/h13-14,17-18H,6-12H2,1-5H3. The number of hydrogen-bond acceptors (Lipinski definition) is 3. The molecule has 19 heavy (non-hydrogen) atoms. The highest BCUT2D eigenvalue weighted by Gasteiger charge is 2.32. The van der Waals surface area contributed by atoms with Gasteiger partial charge in [-0.05, 0) is 57.4 Å². The summed E-state index contributed by atoms with van der Waals surface area (Å²) in [5, 5.41) is 12.5. The molecule has 3 heteroatoms. The lowest BCUT2D eigenvalue weighted by Gasteiger charge is -2.39. The van der Waals surface area contributed by atoms with Gasteiger partial charge in [-0.25, -0.2) is 0 Å². The minimum atomic E-state index is -0.164. The zero-order chi connectivity index (χ0) is 14.5. The molecule has 1 rings (SSSR count). The van der Waals surface area contributed by atoms with Gasteiger partial charge in [0.1, 0.15) is 0 Å². The molecule has 0 amide bonds. The van der Waals surface area contributed by atoms with Gasteiger partial charge in [0.2, 0.25) is 0 Å². The molecule has 2 N–H and O–H groups in total. The highest BCUT2D eigenvalue weighted by molar-refractivity contribution is 4.84. The van der Waals surface area contributed by atoms with Crippen LogP contribution in [-0.2, 0) is 4.74 Å². The van der Waals surface area contributed by atoms with Gasteiger partial charge in [-0.1, -0.05) is 20.8 Å². The van der Waals surface area contributed by atoms with E-state index in [2.05, 4.69) is 33.0 Å². The molecule has 0 saturated heterocycles. The lowest BCUT2D eigenvalue weighted by molar-refractivity contribution is -0.0259. The first-order chi connectivity index (χ1) is 8.80. The zero-order valence-corrected chi connectivity index (χ0v) is 13.5. The average Bonchev–Trinajstić information content (AvgIpc) is 2.32. The van der Waals surface area contributed by atoms with Gasteiger partial charge in [0.25, 0.3) is 0 Å². The smallest absolute Gasteiger partial charge is 0.0610 e. The zero-order valence-electron chi connectivity index (χ0n) is 13.5. The van der Waals surface area contributed by atoms with Gasteiger partial charge in [0, 0.05) is 12.1 Å². The molecule has 0 spiro atoms. The number of aliphatic hydroxyl groups is 1. The molecule has 0 aromatic heterocycles. The third-order valence-corrected chi connectivity index (χ3v) is 4.53. The van der Waals surface area contributed by atoms with E-state index in [-0.39, 0.29) is 12.1 Å². The molecule has 3 atom stereocenters. The number of nitrogens with one attached hydrogen (secondary N) is 1. The van der Waals surface area contributed by atoms with Crippen LogP contribution in [0.15, 0.2) is 0 Å². The van der Waals surface area contributed by atoms with E-state index >= 15 is 0 Å². The van der Waals surface area contributed by atoms with E-state index in [0.29, 0.717) is 11.5 Å². The maximum atomic E-state index is 9.33. The monoisotopic (exact) mass is 271 g/mol. The van der Waals surface area contributed by atoms with Crippen molar-refractivity contribution in [1.29, 1.82) is 0 Å². The summed E-state index contributed by atoms with van der Waals surface area (Å²) < 4.78 is 6.06. The number of hydrogen-bond donors (Lipinski definition) is 2. The van der Waals surface area contributed by atoms with E-state index < -0.39 is 0 Å². The third-order valence-electron chi connectivity index (χ3n) is 4.53. The van der Waals surface area contributed by atoms with Crippen molar-refractivity contribution in [1.82, 2.24) is 5.32 Å². The van der Waals surface area contributed by atoms with Gasteiger partial charge in [0.05, 0.1) is 12.7 Å². The SMILES string of the molecule is CNC(C)(CO)CCCOC1CC(C)CC(C)(C)C1. The Morgan fingerprint density at radius 2 is 2.05 bits per heavy atom. The second-order valence-corrected chi connectivity index (χ2v) is 7.48. The maximum Gasteiger partial charge on any atom is 0.0610 e. The Morgan fingerprint density at radius 3 is 2.58 bits per heavy atom. The van der Waals surface area contributed by atoms with Crippen LogP contribution in [0.25, 0.3) is 0 Å². The van der Waals surface area contributed by atoms with Crippen LogP contribution in [0.1, 0.15) is 59.8 Å². The largest absolute Gasteiger partial charge is 0.394 e. The van der Waals surface area contributed by atoms with E-state index in [1.807, 2.05) is 7.05 Å². The van der Waals surface area contributed by atoms with E-state index in [0.717, 1.165) is 25.4 Å². The molecule has 0 radical (unpaired) electrons. The summed E-state index contributed by atoms with van der Waals surface area (Å²) in [5.74, 6) is 0.772. The molecule has 0 bridgehead atoms. The van der Waals surface area contributed by atoms with E-state index in [9.17, 15) is 5.11 Å². The second kappa shape index (κ2) is 7.05. The Labute approximate surface area is 119 Å². The summed E-state index contributed by atoms with van der Waals surface area (Å²) in [6.45, 7) is 10.1. The van der Waals surface area contributed by atoms with Gasteiger partial charge in [-0.2, -0.15) is 0 Å². The molecular formula is C16H33NO2.